The van der Waals surface area contributed by atoms with Gasteiger partial charge in [0.15, 0.2) is 0 Å². The van der Waals surface area contributed by atoms with Gasteiger partial charge in [0.1, 0.15) is 11.6 Å². The highest BCUT2D eigenvalue weighted by molar-refractivity contribution is 5.66. The summed E-state index contributed by atoms with van der Waals surface area (Å²) in [5.74, 6) is 0.175. The Morgan fingerprint density at radius 1 is 1.22 bits per heavy atom. The Labute approximate surface area is 137 Å². The van der Waals surface area contributed by atoms with Crippen LogP contribution in [0.3, 0.4) is 0 Å². The van der Waals surface area contributed by atoms with E-state index in [1.165, 1.54) is 19.2 Å². The third-order valence-corrected chi connectivity index (χ3v) is 3.70. The largest absolute Gasteiger partial charge is 0.497 e. The molecule has 0 heterocycles. The van der Waals surface area contributed by atoms with Crippen LogP contribution < -0.4 is 15.0 Å². The molecule has 2 aromatic carbocycles. The van der Waals surface area contributed by atoms with Gasteiger partial charge in [-0.05, 0) is 38.2 Å². The third-order valence-electron chi connectivity index (χ3n) is 3.70. The summed E-state index contributed by atoms with van der Waals surface area (Å²) in [5, 5.41) is 3.15. The molecule has 0 saturated carbocycles. The number of nitrogens with one attached hydrogen (secondary N) is 1. The number of benzene rings is 2. The molecule has 2 aromatic rings. The van der Waals surface area contributed by atoms with E-state index in [-0.39, 0.29) is 11.9 Å². The summed E-state index contributed by atoms with van der Waals surface area (Å²) in [6.45, 7) is 4.80. The lowest BCUT2D eigenvalue weighted by molar-refractivity contribution is 0.411. The van der Waals surface area contributed by atoms with Crippen molar-refractivity contribution in [1.29, 1.82) is 0 Å². The topological polar surface area (TPSA) is 24.5 Å². The van der Waals surface area contributed by atoms with Gasteiger partial charge in [0.05, 0.1) is 13.2 Å². The number of rotatable bonds is 8. The fourth-order valence-corrected chi connectivity index (χ4v) is 2.57. The third kappa shape index (κ3) is 4.33. The summed E-state index contributed by atoms with van der Waals surface area (Å²) in [6.07, 6.45) is 2.75. The van der Waals surface area contributed by atoms with Crippen molar-refractivity contribution in [3.8, 4) is 5.75 Å². The summed E-state index contributed by atoms with van der Waals surface area (Å²) in [6, 6.07) is 14.7. The van der Waals surface area contributed by atoms with Crippen LogP contribution in [0.2, 0.25) is 0 Å². The number of hydrogen-bond acceptors (Lipinski definition) is 3. The summed E-state index contributed by atoms with van der Waals surface area (Å²) in [7, 11) is 3.45. The highest BCUT2D eigenvalue weighted by Crippen LogP contribution is 2.32. The molecule has 0 aromatic heterocycles. The van der Waals surface area contributed by atoms with Gasteiger partial charge in [-0.15, -0.1) is 6.58 Å². The second-order valence-corrected chi connectivity index (χ2v) is 5.25. The molecule has 4 heteroatoms. The second-order valence-electron chi connectivity index (χ2n) is 5.25. The van der Waals surface area contributed by atoms with E-state index in [1.54, 1.807) is 0 Å². The zero-order valence-electron chi connectivity index (χ0n) is 13.6. The fraction of sp³-hybridized carbons (Fsp3) is 0.263. The molecule has 0 radical (unpaired) electrons. The van der Waals surface area contributed by atoms with Gasteiger partial charge < -0.3 is 15.0 Å². The van der Waals surface area contributed by atoms with Gasteiger partial charge in [-0.3, -0.25) is 0 Å². The highest BCUT2D eigenvalue weighted by atomic mass is 19.1. The molecule has 1 unspecified atom stereocenters. The maximum absolute atomic E-state index is 14.0. The molecule has 0 saturated heterocycles. The van der Waals surface area contributed by atoms with Crippen molar-refractivity contribution < 1.29 is 9.13 Å². The lowest BCUT2D eigenvalue weighted by Gasteiger charge is -2.32. The normalized spacial score (nSPS) is 11.8. The van der Waals surface area contributed by atoms with Crippen molar-refractivity contribution in [2.24, 2.45) is 0 Å². The van der Waals surface area contributed by atoms with E-state index in [4.69, 9.17) is 4.74 Å². The standard InChI is InChI=1S/C19H23FN2O/c1-4-16(10-11-21-2)22(17-8-6-5-7-9-17)18-12-15(20)13-19(14-18)23-3/h4-9,12-14,16,21H,1,10-11H2,2-3H3. The smallest absolute Gasteiger partial charge is 0.128 e. The molecule has 3 nitrogen and oxygen atoms in total. The van der Waals surface area contributed by atoms with E-state index in [1.807, 2.05) is 49.5 Å². The SMILES string of the molecule is C=CC(CCNC)N(c1ccccc1)c1cc(F)cc(OC)c1. The monoisotopic (exact) mass is 314 g/mol. The van der Waals surface area contributed by atoms with E-state index in [0.29, 0.717) is 5.75 Å². The quantitative estimate of drug-likeness (QED) is 0.741. The average Bonchev–Trinajstić information content (AvgIpc) is 2.58. The van der Waals surface area contributed by atoms with Crippen LogP contribution in [0.1, 0.15) is 6.42 Å². The molecule has 0 aliphatic carbocycles. The van der Waals surface area contributed by atoms with Gasteiger partial charge in [0, 0.05) is 23.5 Å². The molecule has 0 aliphatic heterocycles. The van der Waals surface area contributed by atoms with Gasteiger partial charge in [-0.25, -0.2) is 4.39 Å². The molecule has 0 amide bonds. The number of halogens is 1. The van der Waals surface area contributed by atoms with Crippen LogP contribution in [0.25, 0.3) is 0 Å². The Hall–Kier alpha value is -2.33. The van der Waals surface area contributed by atoms with E-state index in [0.717, 1.165) is 24.3 Å². The van der Waals surface area contributed by atoms with Crippen LogP contribution in [0.5, 0.6) is 5.75 Å². The van der Waals surface area contributed by atoms with Crippen molar-refractivity contribution >= 4 is 11.4 Å². The summed E-state index contributed by atoms with van der Waals surface area (Å²) in [4.78, 5) is 2.08. The maximum atomic E-state index is 14.0. The first-order valence-corrected chi connectivity index (χ1v) is 7.65. The van der Waals surface area contributed by atoms with Crippen molar-refractivity contribution in [3.63, 3.8) is 0 Å². The van der Waals surface area contributed by atoms with Crippen LogP contribution in [0.4, 0.5) is 15.8 Å². The van der Waals surface area contributed by atoms with Crippen molar-refractivity contribution in [3.05, 3.63) is 67.0 Å². The first kappa shape index (κ1) is 17.0. The van der Waals surface area contributed by atoms with Crippen molar-refractivity contribution in [2.75, 3.05) is 25.6 Å². The molecular formula is C19H23FN2O. The summed E-state index contributed by atoms with van der Waals surface area (Å²) < 4.78 is 19.2. The summed E-state index contributed by atoms with van der Waals surface area (Å²) in [5.41, 5.74) is 1.73. The fourth-order valence-electron chi connectivity index (χ4n) is 2.57. The predicted molar refractivity (Wildman–Crippen MR) is 94.1 cm³/mol. The Kier molecular flexibility index (Phi) is 6.18. The van der Waals surface area contributed by atoms with E-state index < -0.39 is 0 Å². The molecule has 23 heavy (non-hydrogen) atoms. The van der Waals surface area contributed by atoms with Gasteiger partial charge in [-0.2, -0.15) is 0 Å². The minimum atomic E-state index is -0.322. The average molecular weight is 314 g/mol. The Morgan fingerprint density at radius 2 is 1.96 bits per heavy atom. The molecule has 0 fully saturated rings. The van der Waals surface area contributed by atoms with Crippen molar-refractivity contribution in [2.45, 2.75) is 12.5 Å². The maximum Gasteiger partial charge on any atom is 0.128 e. The van der Waals surface area contributed by atoms with Gasteiger partial charge in [0.2, 0.25) is 0 Å². The number of ether oxygens (including phenoxy) is 1. The zero-order chi connectivity index (χ0) is 16.7. The van der Waals surface area contributed by atoms with Gasteiger partial charge in [-0.1, -0.05) is 24.3 Å². The Balaban J connectivity index is 2.48. The lowest BCUT2D eigenvalue weighted by Crippen LogP contribution is -2.32. The lowest BCUT2D eigenvalue weighted by atomic mass is 10.1. The van der Waals surface area contributed by atoms with Crippen LogP contribution in [0, 0.1) is 5.82 Å². The first-order chi connectivity index (χ1) is 11.2. The van der Waals surface area contributed by atoms with Gasteiger partial charge >= 0.3 is 0 Å². The number of para-hydroxylation sites is 1. The predicted octanol–water partition coefficient (Wildman–Crippen LogP) is 4.14. The van der Waals surface area contributed by atoms with E-state index in [2.05, 4.69) is 16.8 Å². The van der Waals surface area contributed by atoms with Crippen LogP contribution in [-0.4, -0.2) is 26.7 Å². The molecule has 1 N–H and O–H groups in total. The van der Waals surface area contributed by atoms with Gasteiger partial charge in [0.25, 0.3) is 0 Å². The summed E-state index contributed by atoms with van der Waals surface area (Å²) >= 11 is 0. The molecule has 0 aliphatic rings. The highest BCUT2D eigenvalue weighted by Gasteiger charge is 2.19. The Morgan fingerprint density at radius 3 is 2.57 bits per heavy atom. The molecular weight excluding hydrogens is 291 g/mol. The number of anilines is 2. The number of nitrogens with zero attached hydrogens (tertiary/aromatic N) is 1. The minimum absolute atomic E-state index is 0.0383. The molecule has 1 atom stereocenters. The van der Waals surface area contributed by atoms with Crippen molar-refractivity contribution in [1.82, 2.24) is 5.32 Å². The first-order valence-electron chi connectivity index (χ1n) is 7.65. The van der Waals surface area contributed by atoms with E-state index >= 15 is 0 Å². The minimum Gasteiger partial charge on any atom is -0.497 e. The van der Waals surface area contributed by atoms with Crippen LogP contribution in [-0.2, 0) is 0 Å². The molecule has 2 rings (SSSR count). The Bertz CT molecular complexity index is 631. The number of methoxy groups -OCH3 is 1. The van der Waals surface area contributed by atoms with Crippen LogP contribution >= 0.6 is 0 Å². The number of hydrogen-bond donors (Lipinski definition) is 1. The molecule has 0 bridgehead atoms. The second kappa shape index (κ2) is 8.34. The van der Waals surface area contributed by atoms with Crippen LogP contribution in [0.15, 0.2) is 61.2 Å². The molecule has 122 valence electrons. The molecule has 0 spiro atoms. The van der Waals surface area contributed by atoms with E-state index in [9.17, 15) is 4.39 Å². The zero-order valence-corrected chi connectivity index (χ0v) is 13.6.